The van der Waals surface area contributed by atoms with E-state index >= 15 is 0 Å². The smallest absolute Gasteiger partial charge is 0.0713 e. The topological polar surface area (TPSA) is 38.9 Å². The van der Waals surface area contributed by atoms with Crippen LogP contribution in [0.4, 0.5) is 0 Å². The summed E-state index contributed by atoms with van der Waals surface area (Å²) in [6.45, 7) is 0.547. The summed E-state index contributed by atoms with van der Waals surface area (Å²) in [5.41, 5.74) is 7.70. The Balaban J connectivity index is 0.000000980. The molecule has 2 rings (SSSR count). The van der Waals surface area contributed by atoms with E-state index in [0.29, 0.717) is 6.54 Å². The molecule has 0 aliphatic heterocycles. The molecule has 0 aliphatic rings. The van der Waals surface area contributed by atoms with Crippen molar-refractivity contribution in [1.82, 2.24) is 4.98 Å². The molecule has 0 radical (unpaired) electrons. The van der Waals surface area contributed by atoms with E-state index in [2.05, 4.69) is 27.0 Å². The molecule has 0 aliphatic carbocycles. The van der Waals surface area contributed by atoms with Crippen LogP contribution in [0.2, 0.25) is 0 Å². The Bertz CT molecular complexity index is 448. The monoisotopic (exact) mass is 308 g/mol. The molecule has 0 unspecified atom stereocenters. The number of halogens is 3. The van der Waals surface area contributed by atoms with E-state index < -0.39 is 0 Å². The minimum atomic E-state index is 0. The minimum Gasteiger partial charge on any atom is -0.326 e. The lowest BCUT2D eigenvalue weighted by atomic mass is 10.1. The van der Waals surface area contributed by atoms with Crippen LogP contribution in [0.5, 0.6) is 0 Å². The molecule has 5 heteroatoms. The third kappa shape index (κ3) is 3.05. The maximum Gasteiger partial charge on any atom is 0.0713 e. The molecule has 1 aromatic carbocycles. The van der Waals surface area contributed by atoms with Crippen LogP contribution in [0.25, 0.3) is 10.9 Å². The van der Waals surface area contributed by atoms with Gasteiger partial charge in [0.1, 0.15) is 0 Å². The zero-order valence-corrected chi connectivity index (χ0v) is 11.0. The first-order valence-corrected chi connectivity index (χ1v) is 4.84. The maximum absolute atomic E-state index is 5.59. The Morgan fingerprint density at radius 2 is 2.00 bits per heavy atom. The van der Waals surface area contributed by atoms with Crippen LogP contribution in [0.3, 0.4) is 0 Å². The standard InChI is InChI=1S/C10H9BrN2.2ClH/c11-9-5-10-7(2-1-3-13-10)4-8(9)6-12;;/h1-5H,6,12H2;2*1H. The van der Waals surface area contributed by atoms with Crippen molar-refractivity contribution in [2.75, 3.05) is 0 Å². The number of aromatic nitrogens is 1. The van der Waals surface area contributed by atoms with Gasteiger partial charge in [-0.15, -0.1) is 24.8 Å². The van der Waals surface area contributed by atoms with Crippen molar-refractivity contribution in [1.29, 1.82) is 0 Å². The zero-order valence-electron chi connectivity index (χ0n) is 7.81. The average Bonchev–Trinajstić information content (AvgIpc) is 2.17. The van der Waals surface area contributed by atoms with Crippen molar-refractivity contribution in [3.8, 4) is 0 Å². The summed E-state index contributed by atoms with van der Waals surface area (Å²) < 4.78 is 1.03. The molecule has 1 aromatic heterocycles. The fourth-order valence-electron chi connectivity index (χ4n) is 1.30. The van der Waals surface area contributed by atoms with E-state index in [1.807, 2.05) is 18.2 Å². The average molecular weight is 310 g/mol. The van der Waals surface area contributed by atoms with Gasteiger partial charge in [0.2, 0.25) is 0 Å². The highest BCUT2D eigenvalue weighted by Crippen LogP contribution is 2.22. The second kappa shape index (κ2) is 6.28. The molecule has 2 N–H and O–H groups in total. The van der Waals surface area contributed by atoms with Crippen LogP contribution >= 0.6 is 40.7 Å². The predicted octanol–water partition coefficient (Wildman–Crippen LogP) is 3.30. The summed E-state index contributed by atoms with van der Waals surface area (Å²) in [4.78, 5) is 4.25. The molecule has 0 spiro atoms. The second-order valence-corrected chi connectivity index (χ2v) is 3.70. The third-order valence-electron chi connectivity index (χ3n) is 1.99. The molecule has 1 heterocycles. The van der Waals surface area contributed by atoms with Gasteiger partial charge in [-0.25, -0.2) is 0 Å². The molecular formula is C10H11BrCl2N2. The van der Waals surface area contributed by atoms with Gasteiger partial charge in [0.25, 0.3) is 0 Å². The maximum atomic E-state index is 5.59. The van der Waals surface area contributed by atoms with Crippen molar-refractivity contribution >= 4 is 51.6 Å². The molecule has 2 aromatic rings. The molecule has 0 amide bonds. The first kappa shape index (κ1) is 14.6. The first-order valence-electron chi connectivity index (χ1n) is 4.04. The number of hydrogen-bond acceptors (Lipinski definition) is 2. The second-order valence-electron chi connectivity index (χ2n) is 2.84. The Kier molecular flexibility index (Phi) is 6.13. The Morgan fingerprint density at radius 1 is 1.27 bits per heavy atom. The van der Waals surface area contributed by atoms with Gasteiger partial charge < -0.3 is 5.73 Å². The summed E-state index contributed by atoms with van der Waals surface area (Å²) in [6, 6.07) is 8.02. The Hall–Kier alpha value is -0.350. The largest absolute Gasteiger partial charge is 0.326 e. The lowest BCUT2D eigenvalue weighted by molar-refractivity contribution is 1.06. The number of fused-ring (bicyclic) bond motifs is 1. The van der Waals surface area contributed by atoms with Gasteiger partial charge in [-0.2, -0.15) is 0 Å². The molecular weight excluding hydrogens is 299 g/mol. The molecule has 0 saturated carbocycles. The molecule has 82 valence electrons. The highest BCUT2D eigenvalue weighted by atomic mass is 79.9. The molecule has 0 bridgehead atoms. The summed E-state index contributed by atoms with van der Waals surface area (Å²) in [6.07, 6.45) is 1.79. The van der Waals surface area contributed by atoms with E-state index in [1.54, 1.807) is 6.20 Å². The number of hydrogen-bond donors (Lipinski definition) is 1. The van der Waals surface area contributed by atoms with Gasteiger partial charge in [-0.1, -0.05) is 22.0 Å². The summed E-state index contributed by atoms with van der Waals surface area (Å²) in [7, 11) is 0. The van der Waals surface area contributed by atoms with Crippen LogP contribution in [0.1, 0.15) is 5.56 Å². The summed E-state index contributed by atoms with van der Waals surface area (Å²) >= 11 is 3.46. The number of rotatable bonds is 1. The van der Waals surface area contributed by atoms with Crippen molar-refractivity contribution < 1.29 is 0 Å². The van der Waals surface area contributed by atoms with Gasteiger partial charge in [-0.05, 0) is 23.8 Å². The number of benzene rings is 1. The SMILES string of the molecule is Cl.Cl.NCc1cc2cccnc2cc1Br. The summed E-state index contributed by atoms with van der Waals surface area (Å²) in [5, 5.41) is 1.13. The highest BCUT2D eigenvalue weighted by molar-refractivity contribution is 9.10. The zero-order chi connectivity index (χ0) is 9.26. The number of nitrogens with zero attached hydrogens (tertiary/aromatic N) is 1. The quantitative estimate of drug-likeness (QED) is 0.878. The van der Waals surface area contributed by atoms with E-state index in [9.17, 15) is 0 Å². The minimum absolute atomic E-state index is 0. The van der Waals surface area contributed by atoms with Gasteiger partial charge in [0.05, 0.1) is 5.52 Å². The van der Waals surface area contributed by atoms with Gasteiger partial charge in [0, 0.05) is 22.6 Å². The summed E-state index contributed by atoms with van der Waals surface area (Å²) in [5.74, 6) is 0. The van der Waals surface area contributed by atoms with E-state index in [4.69, 9.17) is 5.73 Å². The molecule has 15 heavy (non-hydrogen) atoms. The molecule has 0 saturated heterocycles. The predicted molar refractivity (Wildman–Crippen MR) is 71.8 cm³/mol. The third-order valence-corrected chi connectivity index (χ3v) is 2.73. The van der Waals surface area contributed by atoms with Crippen LogP contribution in [0, 0.1) is 0 Å². The van der Waals surface area contributed by atoms with Crippen molar-refractivity contribution in [2.45, 2.75) is 6.54 Å². The van der Waals surface area contributed by atoms with Crippen LogP contribution < -0.4 is 5.73 Å². The van der Waals surface area contributed by atoms with Crippen molar-refractivity contribution in [2.24, 2.45) is 5.73 Å². The first-order chi connectivity index (χ1) is 6.31. The lowest BCUT2D eigenvalue weighted by Crippen LogP contribution is -1.97. The van der Waals surface area contributed by atoms with Crippen molar-refractivity contribution in [3.63, 3.8) is 0 Å². The Labute approximate surface area is 109 Å². The number of pyridine rings is 1. The van der Waals surface area contributed by atoms with E-state index in [1.165, 1.54) is 0 Å². The molecule has 2 nitrogen and oxygen atoms in total. The fourth-order valence-corrected chi connectivity index (χ4v) is 1.79. The van der Waals surface area contributed by atoms with Gasteiger partial charge in [0.15, 0.2) is 0 Å². The van der Waals surface area contributed by atoms with E-state index in [0.717, 1.165) is 20.9 Å². The van der Waals surface area contributed by atoms with Gasteiger partial charge in [-0.3, -0.25) is 4.98 Å². The van der Waals surface area contributed by atoms with Crippen molar-refractivity contribution in [3.05, 3.63) is 40.5 Å². The van der Waals surface area contributed by atoms with Gasteiger partial charge >= 0.3 is 0 Å². The van der Waals surface area contributed by atoms with E-state index in [-0.39, 0.29) is 24.8 Å². The lowest BCUT2D eigenvalue weighted by Gasteiger charge is -2.03. The normalized spacial score (nSPS) is 9.20. The number of nitrogens with two attached hydrogens (primary N) is 1. The Morgan fingerprint density at radius 3 is 2.67 bits per heavy atom. The highest BCUT2D eigenvalue weighted by Gasteiger charge is 2.00. The molecule has 0 atom stereocenters. The molecule has 0 fully saturated rings. The van der Waals surface area contributed by atoms with Crippen LogP contribution in [0.15, 0.2) is 34.9 Å². The fraction of sp³-hybridized carbons (Fsp3) is 0.100. The van der Waals surface area contributed by atoms with Crippen LogP contribution in [-0.2, 0) is 6.54 Å². The van der Waals surface area contributed by atoms with Crippen LogP contribution in [-0.4, -0.2) is 4.98 Å².